The quantitative estimate of drug-likeness (QED) is 0.108. The number of aromatic nitrogens is 1. The van der Waals surface area contributed by atoms with Crippen LogP contribution >= 0.6 is 0 Å². The van der Waals surface area contributed by atoms with Crippen LogP contribution in [0, 0.1) is 5.41 Å². The Balaban J connectivity index is 1.38. The monoisotopic (exact) mass is 677 g/mol. The summed E-state index contributed by atoms with van der Waals surface area (Å²) in [6.45, 7) is 0.736. The predicted octanol–water partition coefficient (Wildman–Crippen LogP) is 9.09. The van der Waals surface area contributed by atoms with E-state index in [1.165, 1.54) is 18.2 Å². The largest absolute Gasteiger partial charge is 0.481 e. The summed E-state index contributed by atoms with van der Waals surface area (Å²) in [4.78, 5) is 38.5. The van der Waals surface area contributed by atoms with Crippen LogP contribution < -0.4 is 11.1 Å². The Kier molecular flexibility index (Phi) is 7.27. The van der Waals surface area contributed by atoms with Gasteiger partial charge < -0.3 is 9.52 Å². The molecule has 1 atom stereocenters. The Hall–Kier alpha value is -5.39. The minimum absolute atomic E-state index is 0.0107. The van der Waals surface area contributed by atoms with E-state index in [4.69, 9.17) is 9.52 Å². The van der Waals surface area contributed by atoms with E-state index in [2.05, 4.69) is 0 Å². The molecule has 0 saturated carbocycles. The summed E-state index contributed by atoms with van der Waals surface area (Å²) in [6, 6.07) is 17.3. The number of halogens is 6. The number of pyridine rings is 1. The molecule has 0 fully saturated rings. The third kappa shape index (κ3) is 5.35. The van der Waals surface area contributed by atoms with Crippen molar-refractivity contribution >= 4 is 55.0 Å². The average molecular weight is 678 g/mol. The van der Waals surface area contributed by atoms with Gasteiger partial charge in [-0.2, -0.15) is 26.3 Å². The third-order valence-electron chi connectivity index (χ3n) is 9.24. The molecule has 4 aromatic carbocycles. The van der Waals surface area contributed by atoms with Gasteiger partial charge in [0.2, 0.25) is 0 Å². The van der Waals surface area contributed by atoms with Crippen LogP contribution in [0.2, 0.25) is 0 Å². The number of hydrogen-bond donors (Lipinski definition) is 1. The van der Waals surface area contributed by atoms with Crippen LogP contribution in [0.3, 0.4) is 0 Å². The first kappa shape index (κ1) is 32.2. The van der Waals surface area contributed by atoms with Gasteiger partial charge in [0.25, 0.3) is 11.1 Å². The number of nitrogens with zero attached hydrogens (tertiary/aromatic N) is 1. The molecule has 0 radical (unpaired) electrons. The number of aliphatic carboxylic acids is 1. The molecule has 6 nitrogen and oxygen atoms in total. The zero-order chi connectivity index (χ0) is 35.0. The Labute approximate surface area is 272 Å². The van der Waals surface area contributed by atoms with Crippen LogP contribution in [0.15, 0.2) is 98.5 Å². The number of rotatable bonds is 6. The molecule has 1 unspecified atom stereocenters. The van der Waals surface area contributed by atoms with E-state index in [1.54, 1.807) is 48.5 Å². The highest BCUT2D eigenvalue weighted by Gasteiger charge is 2.53. The normalized spacial score (nSPS) is 17.3. The van der Waals surface area contributed by atoms with Gasteiger partial charge in [0.15, 0.2) is 0 Å². The van der Waals surface area contributed by atoms with Crippen molar-refractivity contribution in [3.05, 3.63) is 116 Å². The second-order valence-electron chi connectivity index (χ2n) is 12.6. The van der Waals surface area contributed by atoms with Crippen LogP contribution in [0.25, 0.3) is 54.7 Å². The molecule has 0 spiro atoms. The number of carbonyl (C=O) groups is 1. The highest BCUT2D eigenvalue weighted by molar-refractivity contribution is 6.26. The minimum atomic E-state index is -5.00. The highest BCUT2D eigenvalue weighted by atomic mass is 19.4. The van der Waals surface area contributed by atoms with E-state index in [1.807, 2.05) is 0 Å². The number of fused-ring (bicyclic) bond motifs is 2. The van der Waals surface area contributed by atoms with Gasteiger partial charge in [-0.15, -0.1) is 0 Å². The average Bonchev–Trinajstić information content (AvgIpc) is 3.03. The molecule has 1 aliphatic carbocycles. The number of carboxylic acid groups (broad SMARTS) is 1. The number of benzene rings is 4. The molecule has 0 bridgehead atoms. The summed E-state index contributed by atoms with van der Waals surface area (Å²) < 4.78 is 90.6. The van der Waals surface area contributed by atoms with Crippen molar-refractivity contribution in [1.82, 2.24) is 4.57 Å². The van der Waals surface area contributed by atoms with Gasteiger partial charge in [-0.25, -0.2) is 4.57 Å². The second kappa shape index (κ2) is 11.1. The van der Waals surface area contributed by atoms with E-state index in [-0.39, 0.29) is 34.4 Å². The zero-order valence-corrected chi connectivity index (χ0v) is 25.6. The zero-order valence-electron chi connectivity index (χ0n) is 25.6. The molecule has 0 saturated heterocycles. The lowest BCUT2D eigenvalue weighted by Crippen LogP contribution is -2.36. The van der Waals surface area contributed by atoms with Crippen molar-refractivity contribution in [3.63, 3.8) is 0 Å². The molecule has 0 amide bonds. The summed E-state index contributed by atoms with van der Waals surface area (Å²) in [7, 11) is 0. The molecule has 2 heterocycles. The van der Waals surface area contributed by atoms with E-state index in [9.17, 15) is 40.7 Å². The Morgan fingerprint density at radius 3 is 2.10 bits per heavy atom. The first-order valence-electron chi connectivity index (χ1n) is 15.2. The number of carboxylic acids is 1. The van der Waals surface area contributed by atoms with E-state index in [0.717, 1.165) is 23.1 Å². The topological polar surface area (TPSA) is 89.5 Å². The number of hydrogen-bond acceptors (Lipinski definition) is 4. The van der Waals surface area contributed by atoms with Gasteiger partial charge in [0, 0.05) is 33.4 Å². The molecule has 1 N–H and O–H groups in total. The van der Waals surface area contributed by atoms with Gasteiger partial charge in [-0.3, -0.25) is 14.4 Å². The number of aryl methyl sites for hydroxylation is 1. The Morgan fingerprint density at radius 1 is 0.837 bits per heavy atom. The summed E-state index contributed by atoms with van der Waals surface area (Å²) in [5.74, 6) is -0.902. The first-order valence-corrected chi connectivity index (χ1v) is 15.2. The second-order valence-corrected chi connectivity index (χ2v) is 12.6. The number of alkyl halides is 6. The van der Waals surface area contributed by atoms with Crippen molar-refractivity contribution in [2.45, 2.75) is 45.0 Å². The smallest absolute Gasteiger partial charge is 0.416 e. The van der Waals surface area contributed by atoms with Gasteiger partial charge in [0.1, 0.15) is 11.2 Å². The van der Waals surface area contributed by atoms with Crippen molar-refractivity contribution in [2.24, 2.45) is 5.41 Å². The van der Waals surface area contributed by atoms with Crippen molar-refractivity contribution < 1.29 is 40.7 Å². The van der Waals surface area contributed by atoms with Gasteiger partial charge >= 0.3 is 18.3 Å². The maximum Gasteiger partial charge on any atom is 0.416 e. The minimum Gasteiger partial charge on any atom is -0.481 e. The Bertz CT molecular complexity index is 2470. The molecule has 1 aliphatic rings. The summed E-state index contributed by atoms with van der Waals surface area (Å²) in [5, 5.41) is 10.9. The molecule has 2 aromatic heterocycles. The van der Waals surface area contributed by atoms with Crippen LogP contribution in [-0.4, -0.2) is 28.0 Å². The summed E-state index contributed by atoms with van der Waals surface area (Å²) in [5.41, 5.74) is -3.54. The predicted molar refractivity (Wildman–Crippen MR) is 173 cm³/mol. The van der Waals surface area contributed by atoms with Crippen LogP contribution in [-0.2, 0) is 11.2 Å². The molecule has 7 rings (SSSR count). The SMILES string of the molecule is CC1(C(F)(F)F)C=C(C(F)(F)F)C=C(c2ccc3oc4ccc5c(=O)n(-c6ccc(CCCC(=O)O)cc6)c(=O)c6ccc(c3c2)c4c56)C1. The van der Waals surface area contributed by atoms with Gasteiger partial charge in [-0.1, -0.05) is 30.3 Å². The summed E-state index contributed by atoms with van der Waals surface area (Å²) >= 11 is 0. The highest BCUT2D eigenvalue weighted by Crippen LogP contribution is 2.51. The molecule has 12 heteroatoms. The van der Waals surface area contributed by atoms with Crippen molar-refractivity contribution in [3.8, 4) is 5.69 Å². The van der Waals surface area contributed by atoms with Crippen molar-refractivity contribution in [2.75, 3.05) is 0 Å². The lowest BCUT2D eigenvalue weighted by atomic mass is 9.75. The molecular formula is C37H25F6NO5. The fourth-order valence-electron chi connectivity index (χ4n) is 6.70. The fraction of sp³-hybridized carbons (Fsp3) is 0.216. The van der Waals surface area contributed by atoms with E-state index in [0.29, 0.717) is 51.2 Å². The molecule has 49 heavy (non-hydrogen) atoms. The van der Waals surface area contributed by atoms with Crippen LogP contribution in [0.1, 0.15) is 37.3 Å². The Morgan fingerprint density at radius 2 is 1.47 bits per heavy atom. The van der Waals surface area contributed by atoms with Crippen LogP contribution in [0.5, 0.6) is 0 Å². The maximum absolute atomic E-state index is 14.0. The van der Waals surface area contributed by atoms with Crippen LogP contribution in [0.4, 0.5) is 26.3 Å². The third-order valence-corrected chi connectivity index (χ3v) is 9.24. The lowest BCUT2D eigenvalue weighted by molar-refractivity contribution is -0.199. The maximum atomic E-state index is 14.0. The van der Waals surface area contributed by atoms with Gasteiger partial charge in [0.05, 0.1) is 16.7 Å². The van der Waals surface area contributed by atoms with E-state index < -0.39 is 46.8 Å². The molecule has 6 aromatic rings. The molecule has 0 aliphatic heterocycles. The fourth-order valence-corrected chi connectivity index (χ4v) is 6.70. The first-order chi connectivity index (χ1) is 23.1. The lowest BCUT2D eigenvalue weighted by Gasteiger charge is -2.34. The van der Waals surface area contributed by atoms with E-state index >= 15 is 0 Å². The van der Waals surface area contributed by atoms with Crippen molar-refractivity contribution in [1.29, 1.82) is 0 Å². The van der Waals surface area contributed by atoms with Gasteiger partial charge in [-0.05, 0) is 96.8 Å². The summed E-state index contributed by atoms with van der Waals surface area (Å²) in [6.07, 6.45) is -8.76. The standard InChI is InChI=1S/C37H25F6NO5/c1-35(37(41,42)43)17-21(15-22(18-35)36(38,39)40)20-7-13-28-27(16-20)24-10-11-25-31-26(12-14-29(49-28)32(24)31)34(48)44(33(25)47)23-8-5-19(6-9-23)3-2-4-30(45)46/h5-16,18H,2-4,17H2,1H3,(H,45,46). The molecular weight excluding hydrogens is 652 g/mol. The molecule has 250 valence electrons. The number of allylic oxidation sites excluding steroid dienone is 4.